The number of methoxy groups -OCH3 is 2. The summed E-state index contributed by atoms with van der Waals surface area (Å²) < 4.78 is 33.1. The van der Waals surface area contributed by atoms with Crippen molar-refractivity contribution in [1.82, 2.24) is 4.89 Å². The van der Waals surface area contributed by atoms with Crippen LogP contribution >= 0.6 is 11.6 Å². The van der Waals surface area contributed by atoms with Crippen molar-refractivity contribution in [2.45, 2.75) is 4.90 Å². The van der Waals surface area contributed by atoms with Gasteiger partial charge in [0.15, 0.2) is 6.79 Å². The number of rotatable bonds is 6. The Kier molecular flexibility index (Phi) is 5.16. The second-order valence-electron chi connectivity index (χ2n) is 2.93. The predicted molar refractivity (Wildman–Crippen MR) is 61.3 cm³/mol. The fraction of sp³-hybridized carbons (Fsp3) is 0.333. The highest BCUT2D eigenvalue weighted by Gasteiger charge is 2.20. The van der Waals surface area contributed by atoms with Crippen molar-refractivity contribution in [2.24, 2.45) is 0 Å². The molecule has 0 radical (unpaired) electrons. The quantitative estimate of drug-likeness (QED) is 0.481. The van der Waals surface area contributed by atoms with E-state index in [1.165, 1.54) is 32.4 Å². The predicted octanol–water partition coefficient (Wildman–Crippen LogP) is 1.16. The van der Waals surface area contributed by atoms with Crippen LogP contribution in [-0.2, 0) is 19.6 Å². The summed E-state index contributed by atoms with van der Waals surface area (Å²) in [6.07, 6.45) is 0. The fourth-order valence-electron chi connectivity index (χ4n) is 1.07. The largest absolute Gasteiger partial charge is 0.495 e. The van der Waals surface area contributed by atoms with Gasteiger partial charge in [0, 0.05) is 12.1 Å². The summed E-state index contributed by atoms with van der Waals surface area (Å²) in [7, 11) is -1.13. The van der Waals surface area contributed by atoms with E-state index < -0.39 is 10.0 Å². The SMILES string of the molecule is COCONS(=O)(=O)c1cc(Cl)ccc1OC. The van der Waals surface area contributed by atoms with Gasteiger partial charge < -0.3 is 9.47 Å². The zero-order valence-electron chi connectivity index (χ0n) is 9.27. The smallest absolute Gasteiger partial charge is 0.266 e. The molecule has 0 aliphatic heterocycles. The van der Waals surface area contributed by atoms with Crippen molar-refractivity contribution in [3.05, 3.63) is 23.2 Å². The maximum absolute atomic E-state index is 11.8. The lowest BCUT2D eigenvalue weighted by Crippen LogP contribution is -2.25. The molecule has 96 valence electrons. The average molecular weight is 282 g/mol. The van der Waals surface area contributed by atoms with E-state index >= 15 is 0 Å². The molecule has 0 saturated heterocycles. The van der Waals surface area contributed by atoms with Crippen LogP contribution in [0.2, 0.25) is 5.02 Å². The Morgan fingerprint density at radius 1 is 1.35 bits per heavy atom. The number of nitrogens with one attached hydrogen (secondary N) is 1. The van der Waals surface area contributed by atoms with E-state index in [4.69, 9.17) is 16.3 Å². The molecule has 0 saturated carbocycles. The van der Waals surface area contributed by atoms with E-state index in [0.717, 1.165) is 0 Å². The van der Waals surface area contributed by atoms with Gasteiger partial charge in [-0.05, 0) is 18.2 Å². The van der Waals surface area contributed by atoms with Crippen molar-refractivity contribution in [1.29, 1.82) is 0 Å². The lowest BCUT2D eigenvalue weighted by atomic mass is 10.3. The minimum atomic E-state index is -3.86. The van der Waals surface area contributed by atoms with E-state index in [9.17, 15) is 8.42 Å². The van der Waals surface area contributed by atoms with Crippen LogP contribution in [0.25, 0.3) is 0 Å². The van der Waals surface area contributed by atoms with Crippen LogP contribution in [0.4, 0.5) is 0 Å². The van der Waals surface area contributed by atoms with Crippen LogP contribution in [-0.4, -0.2) is 29.4 Å². The van der Waals surface area contributed by atoms with E-state index in [-0.39, 0.29) is 22.5 Å². The first-order valence-corrected chi connectivity index (χ1v) is 6.33. The Labute approximate surface area is 104 Å². The number of benzene rings is 1. The number of sulfonamides is 1. The number of hydrogen-bond donors (Lipinski definition) is 1. The van der Waals surface area contributed by atoms with Gasteiger partial charge >= 0.3 is 0 Å². The average Bonchev–Trinajstić information content (AvgIpc) is 2.29. The summed E-state index contributed by atoms with van der Waals surface area (Å²) in [5, 5.41) is 0.276. The summed E-state index contributed by atoms with van der Waals surface area (Å²) in [4.78, 5) is 6.36. The lowest BCUT2D eigenvalue weighted by Gasteiger charge is -2.10. The minimum Gasteiger partial charge on any atom is -0.495 e. The summed E-state index contributed by atoms with van der Waals surface area (Å²) >= 11 is 5.73. The highest BCUT2D eigenvalue weighted by molar-refractivity contribution is 7.89. The molecule has 6 nitrogen and oxygen atoms in total. The summed E-state index contributed by atoms with van der Waals surface area (Å²) in [6.45, 7) is -0.206. The fourth-order valence-corrected chi connectivity index (χ4v) is 2.29. The zero-order chi connectivity index (χ0) is 12.9. The standard InChI is InChI=1S/C9H12ClNO5S/c1-14-6-16-11-17(12,13)9-5-7(10)3-4-8(9)15-2/h3-5,11H,6H2,1-2H3. The van der Waals surface area contributed by atoms with E-state index in [1.807, 2.05) is 4.89 Å². The maximum atomic E-state index is 11.8. The molecule has 0 aliphatic rings. The van der Waals surface area contributed by atoms with Gasteiger partial charge in [0.05, 0.1) is 7.11 Å². The second kappa shape index (κ2) is 6.18. The van der Waals surface area contributed by atoms with Crippen LogP contribution in [0.15, 0.2) is 23.1 Å². The Balaban J connectivity index is 3.00. The number of hydrogen-bond acceptors (Lipinski definition) is 5. The Bertz CT molecular complexity index is 476. The summed E-state index contributed by atoms with van der Waals surface area (Å²) in [6, 6.07) is 4.24. The maximum Gasteiger partial charge on any atom is 0.266 e. The summed E-state index contributed by atoms with van der Waals surface area (Å²) in [5.41, 5.74) is 0. The third-order valence-electron chi connectivity index (χ3n) is 1.76. The van der Waals surface area contributed by atoms with Crippen molar-refractivity contribution >= 4 is 21.6 Å². The molecule has 1 aromatic rings. The molecule has 8 heteroatoms. The van der Waals surface area contributed by atoms with Gasteiger partial charge in [-0.1, -0.05) is 16.5 Å². The van der Waals surface area contributed by atoms with Crippen molar-refractivity contribution in [2.75, 3.05) is 21.0 Å². The molecule has 1 aromatic carbocycles. The lowest BCUT2D eigenvalue weighted by molar-refractivity contribution is -0.0541. The van der Waals surface area contributed by atoms with Gasteiger partial charge in [0.25, 0.3) is 10.0 Å². The third-order valence-corrected chi connectivity index (χ3v) is 3.23. The molecule has 0 heterocycles. The molecular weight excluding hydrogens is 270 g/mol. The molecule has 0 spiro atoms. The topological polar surface area (TPSA) is 73.9 Å². The molecule has 0 bridgehead atoms. The first-order chi connectivity index (χ1) is 8.01. The molecule has 1 rings (SSSR count). The zero-order valence-corrected chi connectivity index (χ0v) is 10.8. The van der Waals surface area contributed by atoms with Crippen molar-refractivity contribution in [3.8, 4) is 5.75 Å². The molecule has 0 aliphatic carbocycles. The van der Waals surface area contributed by atoms with Gasteiger partial charge in [0.1, 0.15) is 10.6 Å². The van der Waals surface area contributed by atoms with Gasteiger partial charge in [-0.25, -0.2) is 8.42 Å². The molecule has 0 aromatic heterocycles. The van der Waals surface area contributed by atoms with Gasteiger partial charge in [-0.2, -0.15) is 0 Å². The van der Waals surface area contributed by atoms with Crippen molar-refractivity contribution in [3.63, 3.8) is 0 Å². The highest BCUT2D eigenvalue weighted by atomic mass is 35.5. The van der Waals surface area contributed by atoms with Crippen LogP contribution in [0.5, 0.6) is 5.75 Å². The van der Waals surface area contributed by atoms with E-state index in [1.54, 1.807) is 0 Å². The van der Waals surface area contributed by atoms with Crippen LogP contribution in [0, 0.1) is 0 Å². The van der Waals surface area contributed by atoms with Gasteiger partial charge in [0.2, 0.25) is 0 Å². The van der Waals surface area contributed by atoms with Gasteiger partial charge in [-0.3, -0.25) is 4.84 Å². The minimum absolute atomic E-state index is 0.108. The first kappa shape index (κ1) is 14.2. The second-order valence-corrected chi connectivity index (χ2v) is 4.98. The molecule has 0 atom stereocenters. The third kappa shape index (κ3) is 3.83. The molecule has 0 amide bonds. The normalized spacial score (nSPS) is 11.5. The van der Waals surface area contributed by atoms with Crippen molar-refractivity contribution < 1.29 is 22.7 Å². The van der Waals surface area contributed by atoms with Crippen LogP contribution in [0.1, 0.15) is 0 Å². The van der Waals surface area contributed by atoms with Gasteiger partial charge in [-0.15, -0.1) is 0 Å². The Morgan fingerprint density at radius 2 is 2.06 bits per heavy atom. The molecule has 1 N–H and O–H groups in total. The molecule has 17 heavy (non-hydrogen) atoms. The highest BCUT2D eigenvalue weighted by Crippen LogP contribution is 2.26. The first-order valence-electron chi connectivity index (χ1n) is 4.47. The van der Waals surface area contributed by atoms with E-state index in [0.29, 0.717) is 0 Å². The molecule has 0 fully saturated rings. The number of halogens is 1. The molecule has 0 unspecified atom stereocenters. The van der Waals surface area contributed by atoms with E-state index in [2.05, 4.69) is 9.57 Å². The number of ether oxygens (including phenoxy) is 2. The monoisotopic (exact) mass is 281 g/mol. The Hall–Kier alpha value is -0.860. The van der Waals surface area contributed by atoms with Crippen LogP contribution in [0.3, 0.4) is 0 Å². The summed E-state index contributed by atoms with van der Waals surface area (Å²) in [5.74, 6) is 0.169. The molecular formula is C9H12ClNO5S. The van der Waals surface area contributed by atoms with Crippen LogP contribution < -0.4 is 9.62 Å². The Morgan fingerprint density at radius 3 is 2.65 bits per heavy atom.